The molecule has 3 rings (SSSR count). The van der Waals surface area contributed by atoms with Crippen LogP contribution in [0.4, 0.5) is 0 Å². The van der Waals surface area contributed by atoms with Gasteiger partial charge in [0.25, 0.3) is 5.91 Å². The van der Waals surface area contributed by atoms with Gasteiger partial charge in [0.15, 0.2) is 0 Å². The number of carboxylic acids is 1. The lowest BCUT2D eigenvalue weighted by atomic mass is 9.88. The first-order valence-corrected chi connectivity index (χ1v) is 7.15. The number of aliphatic carboxylic acids is 1. The van der Waals surface area contributed by atoms with Crippen LogP contribution < -0.4 is 0 Å². The second-order valence-electron chi connectivity index (χ2n) is 5.77. The third-order valence-corrected chi connectivity index (χ3v) is 4.40. The van der Waals surface area contributed by atoms with Gasteiger partial charge in [0.1, 0.15) is 5.54 Å². The van der Waals surface area contributed by atoms with Gasteiger partial charge in [-0.3, -0.25) is 4.79 Å². The number of hydrogen-bond acceptors (Lipinski definition) is 2. The first kappa shape index (κ1) is 13.7. The third-order valence-electron chi connectivity index (χ3n) is 4.40. The monoisotopic (exact) mass is 286 g/mol. The van der Waals surface area contributed by atoms with Crippen molar-refractivity contribution in [3.05, 3.63) is 36.0 Å². The maximum atomic E-state index is 12.7. The fraction of sp³-hybridized carbons (Fsp3) is 0.375. The molecule has 1 unspecified atom stereocenters. The molecule has 0 spiro atoms. The SMILES string of the molecule is CC1(C(=O)O)CCCCN1C(=O)c1ccc2cc[nH]c2c1. The number of fused-ring (bicyclic) bond motifs is 1. The summed E-state index contributed by atoms with van der Waals surface area (Å²) in [6, 6.07) is 7.36. The van der Waals surface area contributed by atoms with Crippen molar-refractivity contribution >= 4 is 22.8 Å². The molecule has 2 N–H and O–H groups in total. The number of likely N-dealkylation sites (tertiary alicyclic amines) is 1. The Morgan fingerprint density at radius 2 is 2.10 bits per heavy atom. The maximum absolute atomic E-state index is 12.7. The van der Waals surface area contributed by atoms with Crippen LogP contribution in [-0.4, -0.2) is 39.0 Å². The van der Waals surface area contributed by atoms with E-state index < -0.39 is 11.5 Å². The third kappa shape index (κ3) is 2.18. The minimum Gasteiger partial charge on any atom is -0.480 e. The molecule has 5 heteroatoms. The highest BCUT2D eigenvalue weighted by atomic mass is 16.4. The van der Waals surface area contributed by atoms with Gasteiger partial charge in [-0.2, -0.15) is 0 Å². The van der Waals surface area contributed by atoms with E-state index in [4.69, 9.17) is 0 Å². The van der Waals surface area contributed by atoms with E-state index in [2.05, 4.69) is 4.98 Å². The van der Waals surface area contributed by atoms with Crippen LogP contribution in [-0.2, 0) is 4.79 Å². The number of nitrogens with one attached hydrogen (secondary N) is 1. The molecule has 2 heterocycles. The number of hydrogen-bond donors (Lipinski definition) is 2. The molecule has 110 valence electrons. The molecule has 0 radical (unpaired) electrons. The molecule has 1 atom stereocenters. The number of carboxylic acid groups (broad SMARTS) is 1. The number of nitrogens with zero attached hydrogens (tertiary/aromatic N) is 1. The van der Waals surface area contributed by atoms with Gasteiger partial charge >= 0.3 is 5.97 Å². The highest BCUT2D eigenvalue weighted by molar-refractivity contribution is 6.00. The van der Waals surface area contributed by atoms with Gasteiger partial charge in [-0.25, -0.2) is 4.79 Å². The maximum Gasteiger partial charge on any atom is 0.329 e. The number of aromatic amines is 1. The van der Waals surface area contributed by atoms with Crippen LogP contribution in [0, 0.1) is 0 Å². The fourth-order valence-corrected chi connectivity index (χ4v) is 3.01. The van der Waals surface area contributed by atoms with Crippen LogP contribution in [0.15, 0.2) is 30.5 Å². The molecule has 1 fully saturated rings. The van der Waals surface area contributed by atoms with Crippen molar-refractivity contribution in [1.82, 2.24) is 9.88 Å². The van der Waals surface area contributed by atoms with Crippen LogP contribution in [0.5, 0.6) is 0 Å². The largest absolute Gasteiger partial charge is 0.480 e. The highest BCUT2D eigenvalue weighted by Gasteiger charge is 2.44. The van der Waals surface area contributed by atoms with Gasteiger partial charge in [-0.05, 0) is 49.8 Å². The lowest BCUT2D eigenvalue weighted by molar-refractivity contribution is -0.150. The summed E-state index contributed by atoms with van der Waals surface area (Å²) in [5, 5.41) is 10.5. The second kappa shape index (κ2) is 4.91. The number of benzene rings is 1. The Morgan fingerprint density at radius 3 is 2.86 bits per heavy atom. The summed E-state index contributed by atoms with van der Waals surface area (Å²) < 4.78 is 0. The molecule has 1 aromatic carbocycles. The number of aromatic nitrogens is 1. The van der Waals surface area contributed by atoms with Crippen molar-refractivity contribution in [1.29, 1.82) is 0 Å². The second-order valence-corrected chi connectivity index (χ2v) is 5.77. The molecule has 0 bridgehead atoms. The van der Waals surface area contributed by atoms with E-state index >= 15 is 0 Å². The quantitative estimate of drug-likeness (QED) is 0.891. The summed E-state index contributed by atoms with van der Waals surface area (Å²) in [5.74, 6) is -1.15. The molecule has 1 aliphatic rings. The Hall–Kier alpha value is -2.30. The summed E-state index contributed by atoms with van der Waals surface area (Å²) in [6.07, 6.45) is 4.00. The summed E-state index contributed by atoms with van der Waals surface area (Å²) >= 11 is 0. The molecule has 0 aliphatic carbocycles. The molecular weight excluding hydrogens is 268 g/mol. The van der Waals surface area contributed by atoms with Gasteiger partial charge in [-0.1, -0.05) is 6.07 Å². The molecule has 5 nitrogen and oxygen atoms in total. The minimum absolute atomic E-state index is 0.212. The molecule has 21 heavy (non-hydrogen) atoms. The summed E-state index contributed by atoms with van der Waals surface area (Å²) in [6.45, 7) is 2.13. The molecule has 2 aromatic rings. The Labute approximate surface area is 122 Å². The molecular formula is C16H18N2O3. The Kier molecular flexibility index (Phi) is 3.20. The number of H-pyrrole nitrogens is 1. The Bertz CT molecular complexity index is 706. The van der Waals surface area contributed by atoms with Crippen LogP contribution in [0.2, 0.25) is 0 Å². The number of amides is 1. The van der Waals surface area contributed by atoms with Gasteiger partial charge < -0.3 is 15.0 Å². The van der Waals surface area contributed by atoms with Gasteiger partial charge in [-0.15, -0.1) is 0 Å². The number of carbonyl (C=O) groups excluding carboxylic acids is 1. The first-order chi connectivity index (χ1) is 10.0. The highest BCUT2D eigenvalue weighted by Crippen LogP contribution is 2.30. The number of carbonyl (C=O) groups is 2. The van der Waals surface area contributed by atoms with E-state index in [0.717, 1.165) is 23.7 Å². The molecule has 1 amide bonds. The average Bonchev–Trinajstić information content (AvgIpc) is 2.94. The standard InChI is InChI=1S/C16H18N2O3/c1-16(15(20)21)7-2-3-9-18(16)14(19)12-5-4-11-6-8-17-13(11)10-12/h4-6,8,10,17H,2-3,7,9H2,1H3,(H,20,21). The van der Waals surface area contributed by atoms with Crippen LogP contribution in [0.3, 0.4) is 0 Å². The van der Waals surface area contributed by atoms with Crippen molar-refractivity contribution in [2.24, 2.45) is 0 Å². The van der Waals surface area contributed by atoms with E-state index in [1.807, 2.05) is 18.3 Å². The average molecular weight is 286 g/mol. The first-order valence-electron chi connectivity index (χ1n) is 7.15. The molecule has 0 saturated carbocycles. The normalized spacial score (nSPS) is 22.4. The molecule has 1 aliphatic heterocycles. The number of piperidine rings is 1. The molecule has 1 aromatic heterocycles. The zero-order valence-electron chi connectivity index (χ0n) is 11.9. The predicted octanol–water partition coefficient (Wildman–Crippen LogP) is 2.64. The van der Waals surface area contributed by atoms with E-state index in [0.29, 0.717) is 18.5 Å². The summed E-state index contributed by atoms with van der Waals surface area (Å²) in [7, 11) is 0. The minimum atomic E-state index is -1.11. The van der Waals surface area contributed by atoms with Gasteiger partial charge in [0.05, 0.1) is 0 Å². The van der Waals surface area contributed by atoms with Crippen molar-refractivity contribution < 1.29 is 14.7 Å². The molecule has 1 saturated heterocycles. The van der Waals surface area contributed by atoms with Crippen molar-refractivity contribution in [3.8, 4) is 0 Å². The number of rotatable bonds is 2. The predicted molar refractivity (Wildman–Crippen MR) is 79.2 cm³/mol. The van der Waals surface area contributed by atoms with Crippen molar-refractivity contribution in [2.75, 3.05) is 6.54 Å². The van der Waals surface area contributed by atoms with Gasteiger partial charge in [0, 0.05) is 23.8 Å². The Morgan fingerprint density at radius 1 is 1.29 bits per heavy atom. The zero-order valence-corrected chi connectivity index (χ0v) is 11.9. The van der Waals surface area contributed by atoms with E-state index in [9.17, 15) is 14.7 Å². The summed E-state index contributed by atoms with van der Waals surface area (Å²) in [4.78, 5) is 28.9. The smallest absolute Gasteiger partial charge is 0.329 e. The van der Waals surface area contributed by atoms with E-state index in [-0.39, 0.29) is 5.91 Å². The van der Waals surface area contributed by atoms with Gasteiger partial charge in [0.2, 0.25) is 0 Å². The summed E-state index contributed by atoms with van der Waals surface area (Å²) in [5.41, 5.74) is 0.300. The fourth-order valence-electron chi connectivity index (χ4n) is 3.01. The Balaban J connectivity index is 1.97. The zero-order chi connectivity index (χ0) is 15.0. The van der Waals surface area contributed by atoms with Crippen LogP contribution in [0.1, 0.15) is 36.5 Å². The topological polar surface area (TPSA) is 73.4 Å². The van der Waals surface area contributed by atoms with Crippen molar-refractivity contribution in [3.63, 3.8) is 0 Å². The van der Waals surface area contributed by atoms with Crippen LogP contribution >= 0.6 is 0 Å². The van der Waals surface area contributed by atoms with Crippen molar-refractivity contribution in [2.45, 2.75) is 31.7 Å². The lowest BCUT2D eigenvalue weighted by Gasteiger charge is -2.41. The van der Waals surface area contributed by atoms with E-state index in [1.54, 1.807) is 19.1 Å². The lowest BCUT2D eigenvalue weighted by Crippen LogP contribution is -2.57. The van der Waals surface area contributed by atoms with E-state index in [1.165, 1.54) is 4.90 Å². The van der Waals surface area contributed by atoms with Crippen LogP contribution in [0.25, 0.3) is 10.9 Å².